The molecule has 11 heteroatoms. The fourth-order valence-corrected chi connectivity index (χ4v) is 3.62. The van der Waals surface area contributed by atoms with Crippen LogP contribution in [0.15, 0.2) is 49.3 Å². The quantitative estimate of drug-likeness (QED) is 0.311. The highest BCUT2D eigenvalue weighted by Crippen LogP contribution is 2.37. The van der Waals surface area contributed by atoms with Crippen molar-refractivity contribution in [3.05, 3.63) is 59.4 Å². The van der Waals surface area contributed by atoms with Crippen LogP contribution in [0.1, 0.15) is 19.8 Å². The number of rotatable bonds is 7. The molecule has 1 aliphatic rings. The molecule has 0 amide bonds. The van der Waals surface area contributed by atoms with Crippen LogP contribution in [0.3, 0.4) is 0 Å². The summed E-state index contributed by atoms with van der Waals surface area (Å²) in [6.07, 6.45) is 7.46. The fraction of sp³-hybridized carbons (Fsp3) is 0.333. The molecule has 0 radical (unpaired) electrons. The van der Waals surface area contributed by atoms with Crippen molar-refractivity contribution in [1.29, 1.82) is 0 Å². The molecule has 3 heterocycles. The van der Waals surface area contributed by atoms with E-state index < -0.39 is 4.92 Å². The number of hydrogen-bond acceptors (Lipinski definition) is 9. The first-order valence-corrected chi connectivity index (χ1v) is 10.2. The number of nitrogens with zero attached hydrogens (tertiary/aromatic N) is 6. The second-order valence-electron chi connectivity index (χ2n) is 7.19. The number of nitro groups is 1. The Morgan fingerprint density at radius 2 is 1.97 bits per heavy atom. The van der Waals surface area contributed by atoms with Crippen LogP contribution in [-0.2, 0) is 9.53 Å². The minimum Gasteiger partial charge on any atom is -0.466 e. The summed E-state index contributed by atoms with van der Waals surface area (Å²) in [5.74, 6) is 0.00667. The van der Waals surface area contributed by atoms with Gasteiger partial charge in [0, 0.05) is 31.2 Å². The van der Waals surface area contributed by atoms with E-state index in [-0.39, 0.29) is 29.3 Å². The minimum atomic E-state index is -0.540. The number of esters is 1. The molecule has 1 saturated heterocycles. The maximum Gasteiger partial charge on any atom is 0.373 e. The van der Waals surface area contributed by atoms with Crippen LogP contribution in [0, 0.1) is 16.0 Å². The lowest BCUT2D eigenvalue weighted by atomic mass is 9.97. The number of carbonyl (C=O) groups is 1. The molecule has 0 aliphatic carbocycles. The smallest absolute Gasteiger partial charge is 0.373 e. The normalized spacial score (nSPS) is 14.2. The van der Waals surface area contributed by atoms with E-state index in [1.54, 1.807) is 36.5 Å². The molecule has 3 aromatic rings. The van der Waals surface area contributed by atoms with E-state index in [0.717, 1.165) is 5.69 Å². The summed E-state index contributed by atoms with van der Waals surface area (Å²) in [4.78, 5) is 37.2. The van der Waals surface area contributed by atoms with Gasteiger partial charge in [0.15, 0.2) is 0 Å². The van der Waals surface area contributed by atoms with Gasteiger partial charge < -0.3 is 18.9 Å². The topological polar surface area (TPSA) is 126 Å². The van der Waals surface area contributed by atoms with Gasteiger partial charge >= 0.3 is 17.5 Å². The lowest BCUT2D eigenvalue weighted by Crippen LogP contribution is -2.37. The largest absolute Gasteiger partial charge is 0.466 e. The Bertz CT molecular complexity index is 1080. The van der Waals surface area contributed by atoms with E-state index in [2.05, 4.69) is 15.0 Å². The number of piperidine rings is 1. The zero-order valence-electron chi connectivity index (χ0n) is 17.5. The number of hydrogen-bond donors (Lipinski definition) is 0. The van der Waals surface area contributed by atoms with Gasteiger partial charge in [-0.15, -0.1) is 0 Å². The van der Waals surface area contributed by atoms with E-state index in [1.165, 1.54) is 6.33 Å². The van der Waals surface area contributed by atoms with Crippen LogP contribution in [0.25, 0.3) is 5.69 Å². The zero-order valence-corrected chi connectivity index (χ0v) is 17.5. The third kappa shape index (κ3) is 4.51. The van der Waals surface area contributed by atoms with Gasteiger partial charge in [-0.25, -0.2) is 9.97 Å². The molecule has 4 rings (SSSR count). The summed E-state index contributed by atoms with van der Waals surface area (Å²) in [6, 6.07) is 7.02. The van der Waals surface area contributed by atoms with Crippen molar-refractivity contribution in [3.63, 3.8) is 0 Å². The fourth-order valence-electron chi connectivity index (χ4n) is 3.62. The minimum absolute atomic E-state index is 0.136. The Morgan fingerprint density at radius 3 is 2.59 bits per heavy atom. The Balaban J connectivity index is 1.53. The van der Waals surface area contributed by atoms with Crippen LogP contribution in [0.5, 0.6) is 11.6 Å². The molecule has 0 unspecified atom stereocenters. The summed E-state index contributed by atoms with van der Waals surface area (Å²) in [6.45, 7) is 2.99. The standard InChI is InChI=1S/C21H22N6O5/c1-2-31-21(28)15-7-10-25(11-8-15)19-18(27(29)30)20(24-13-23-19)32-17-5-3-16(4-6-17)26-12-9-22-14-26/h3-6,9,12-15H,2,7-8,10-11H2,1H3. The lowest BCUT2D eigenvalue weighted by molar-refractivity contribution is -0.385. The highest BCUT2D eigenvalue weighted by Gasteiger charge is 2.33. The van der Waals surface area contributed by atoms with Crippen LogP contribution in [0.2, 0.25) is 0 Å². The first-order valence-electron chi connectivity index (χ1n) is 10.2. The molecule has 11 nitrogen and oxygen atoms in total. The molecular formula is C21H22N6O5. The van der Waals surface area contributed by atoms with Crippen molar-refractivity contribution in [2.24, 2.45) is 5.92 Å². The second-order valence-corrected chi connectivity index (χ2v) is 7.19. The summed E-state index contributed by atoms with van der Waals surface area (Å²) < 4.78 is 12.7. The first-order chi connectivity index (χ1) is 15.6. The molecule has 0 atom stereocenters. The molecule has 166 valence electrons. The maximum atomic E-state index is 12.0. The lowest BCUT2D eigenvalue weighted by Gasteiger charge is -2.31. The Hall–Kier alpha value is -4.02. The highest BCUT2D eigenvalue weighted by molar-refractivity contribution is 5.73. The Morgan fingerprint density at radius 1 is 1.22 bits per heavy atom. The predicted octanol–water partition coefficient (Wildman–Crippen LogP) is 3.14. The third-order valence-electron chi connectivity index (χ3n) is 5.22. The molecule has 1 fully saturated rings. The number of ether oxygens (including phenoxy) is 2. The second kappa shape index (κ2) is 9.41. The van der Waals surface area contributed by atoms with Gasteiger partial charge in [-0.1, -0.05) is 0 Å². The van der Waals surface area contributed by atoms with Gasteiger partial charge in [0.25, 0.3) is 0 Å². The highest BCUT2D eigenvalue weighted by atomic mass is 16.6. The molecule has 0 N–H and O–H groups in total. The van der Waals surface area contributed by atoms with Crippen molar-refractivity contribution in [2.75, 3.05) is 24.6 Å². The number of anilines is 1. The van der Waals surface area contributed by atoms with Crippen molar-refractivity contribution >= 4 is 17.5 Å². The zero-order chi connectivity index (χ0) is 22.5. The molecule has 32 heavy (non-hydrogen) atoms. The van der Waals surface area contributed by atoms with Crippen molar-refractivity contribution in [2.45, 2.75) is 19.8 Å². The Kier molecular flexibility index (Phi) is 6.24. The van der Waals surface area contributed by atoms with E-state index in [1.807, 2.05) is 22.9 Å². The molecule has 0 bridgehead atoms. The summed E-state index contributed by atoms with van der Waals surface area (Å²) in [7, 11) is 0. The van der Waals surface area contributed by atoms with Gasteiger partial charge in [-0.2, -0.15) is 4.98 Å². The van der Waals surface area contributed by atoms with Gasteiger partial charge in [0.2, 0.25) is 5.82 Å². The van der Waals surface area contributed by atoms with Gasteiger partial charge in [0.05, 0.1) is 23.8 Å². The van der Waals surface area contributed by atoms with Crippen LogP contribution in [0.4, 0.5) is 11.5 Å². The van der Waals surface area contributed by atoms with Crippen molar-refractivity contribution < 1.29 is 19.2 Å². The number of benzene rings is 1. The number of aromatic nitrogens is 4. The molecular weight excluding hydrogens is 416 g/mol. The molecule has 1 aromatic carbocycles. The van der Waals surface area contributed by atoms with Crippen molar-refractivity contribution in [1.82, 2.24) is 19.5 Å². The number of carbonyl (C=O) groups excluding carboxylic acids is 1. The summed E-state index contributed by atoms with van der Waals surface area (Å²) in [5.41, 5.74) is 0.568. The van der Waals surface area contributed by atoms with E-state index in [0.29, 0.717) is 38.3 Å². The average molecular weight is 438 g/mol. The van der Waals surface area contributed by atoms with Crippen LogP contribution >= 0.6 is 0 Å². The molecule has 1 aliphatic heterocycles. The number of imidazole rings is 1. The maximum absolute atomic E-state index is 12.0. The van der Waals surface area contributed by atoms with E-state index in [4.69, 9.17) is 9.47 Å². The molecule has 2 aromatic heterocycles. The van der Waals surface area contributed by atoms with Crippen LogP contribution < -0.4 is 9.64 Å². The Labute approximate surface area is 183 Å². The van der Waals surface area contributed by atoms with Crippen LogP contribution in [-0.4, -0.2) is 50.1 Å². The van der Waals surface area contributed by atoms with Gasteiger partial charge in [-0.05, 0) is 44.0 Å². The monoisotopic (exact) mass is 438 g/mol. The first kappa shape index (κ1) is 21.2. The van der Waals surface area contributed by atoms with Gasteiger partial charge in [0.1, 0.15) is 12.1 Å². The summed E-state index contributed by atoms with van der Waals surface area (Å²) in [5, 5.41) is 11.9. The third-order valence-corrected chi connectivity index (χ3v) is 5.22. The predicted molar refractivity (Wildman–Crippen MR) is 114 cm³/mol. The molecule has 0 spiro atoms. The molecule has 0 saturated carbocycles. The summed E-state index contributed by atoms with van der Waals surface area (Å²) >= 11 is 0. The van der Waals surface area contributed by atoms with E-state index >= 15 is 0 Å². The van der Waals surface area contributed by atoms with E-state index in [9.17, 15) is 14.9 Å². The average Bonchev–Trinajstić information content (AvgIpc) is 3.34. The van der Waals surface area contributed by atoms with Gasteiger partial charge in [-0.3, -0.25) is 14.9 Å². The SMILES string of the molecule is CCOC(=O)C1CCN(c2ncnc(Oc3ccc(-n4ccnc4)cc3)c2[N+](=O)[O-])CC1. The van der Waals surface area contributed by atoms with Crippen molar-refractivity contribution in [3.8, 4) is 17.3 Å².